The van der Waals surface area contributed by atoms with E-state index in [-0.39, 0.29) is 5.91 Å². The Morgan fingerprint density at radius 3 is 2.37 bits per heavy atom. The second-order valence-electron chi connectivity index (χ2n) is 6.44. The third-order valence-corrected chi connectivity index (χ3v) is 4.24. The number of benzene rings is 2. The molecule has 5 heteroatoms. The van der Waals surface area contributed by atoms with Gasteiger partial charge in [-0.15, -0.1) is 0 Å². The van der Waals surface area contributed by atoms with Crippen molar-refractivity contribution < 1.29 is 4.79 Å². The van der Waals surface area contributed by atoms with Crippen molar-refractivity contribution in [3.05, 3.63) is 82.7 Å². The molecule has 3 aromatic rings. The molecule has 0 bridgehead atoms. The van der Waals surface area contributed by atoms with Gasteiger partial charge in [0.05, 0.1) is 23.1 Å². The minimum absolute atomic E-state index is 0.256. The summed E-state index contributed by atoms with van der Waals surface area (Å²) in [7, 11) is 0. The summed E-state index contributed by atoms with van der Waals surface area (Å²) in [5.74, 6) is -0.256. The molecule has 0 fully saturated rings. The smallest absolute Gasteiger partial charge is 0.274 e. The maximum Gasteiger partial charge on any atom is 0.274 e. The lowest BCUT2D eigenvalue weighted by atomic mass is 10.0. The molecular formula is C22H20N4O. The van der Waals surface area contributed by atoms with Crippen molar-refractivity contribution >= 4 is 23.0 Å². The molecule has 0 saturated heterocycles. The van der Waals surface area contributed by atoms with Gasteiger partial charge in [-0.2, -0.15) is 5.26 Å². The first-order valence-electron chi connectivity index (χ1n) is 8.59. The quantitative estimate of drug-likeness (QED) is 0.699. The maximum absolute atomic E-state index is 12.5. The van der Waals surface area contributed by atoms with Gasteiger partial charge in [0.1, 0.15) is 11.8 Å². The Kier molecular flexibility index (Phi) is 5.18. The lowest BCUT2D eigenvalue weighted by Gasteiger charge is -2.13. The molecule has 0 aliphatic rings. The van der Waals surface area contributed by atoms with E-state index in [0.29, 0.717) is 22.6 Å². The first-order chi connectivity index (χ1) is 13.0. The van der Waals surface area contributed by atoms with E-state index in [2.05, 4.69) is 21.7 Å². The molecule has 134 valence electrons. The molecule has 2 N–H and O–H groups in total. The third kappa shape index (κ3) is 4.13. The topological polar surface area (TPSA) is 77.8 Å². The summed E-state index contributed by atoms with van der Waals surface area (Å²) in [6.45, 7) is 5.98. The Morgan fingerprint density at radius 1 is 1.04 bits per heavy atom. The van der Waals surface area contributed by atoms with Gasteiger partial charge in [0.15, 0.2) is 0 Å². The highest BCUT2D eigenvalue weighted by Gasteiger charge is 2.12. The first kappa shape index (κ1) is 18.2. The van der Waals surface area contributed by atoms with Gasteiger partial charge in [-0.1, -0.05) is 29.8 Å². The number of para-hydroxylation sites is 1. The molecule has 2 aromatic carbocycles. The van der Waals surface area contributed by atoms with Crippen molar-refractivity contribution in [3.8, 4) is 6.07 Å². The van der Waals surface area contributed by atoms with Gasteiger partial charge in [0.2, 0.25) is 0 Å². The monoisotopic (exact) mass is 356 g/mol. The van der Waals surface area contributed by atoms with E-state index in [9.17, 15) is 4.79 Å². The van der Waals surface area contributed by atoms with Crippen LogP contribution >= 0.6 is 0 Å². The fourth-order valence-electron chi connectivity index (χ4n) is 3.00. The fourth-order valence-corrected chi connectivity index (χ4v) is 3.00. The second kappa shape index (κ2) is 7.71. The van der Waals surface area contributed by atoms with Crippen molar-refractivity contribution in [2.75, 3.05) is 10.6 Å². The Bertz CT molecular complexity index is 1010. The van der Waals surface area contributed by atoms with Crippen LogP contribution in [0.25, 0.3) is 0 Å². The van der Waals surface area contributed by atoms with Crippen LogP contribution in [-0.2, 0) is 0 Å². The number of anilines is 3. The average molecular weight is 356 g/mol. The van der Waals surface area contributed by atoms with E-state index in [1.807, 2.05) is 51.1 Å². The van der Waals surface area contributed by atoms with Crippen LogP contribution in [0.5, 0.6) is 0 Å². The van der Waals surface area contributed by atoms with Gasteiger partial charge in [0.25, 0.3) is 5.91 Å². The predicted molar refractivity (Wildman–Crippen MR) is 107 cm³/mol. The van der Waals surface area contributed by atoms with E-state index in [0.717, 1.165) is 22.4 Å². The number of amides is 1. The molecule has 27 heavy (non-hydrogen) atoms. The molecule has 0 unspecified atom stereocenters. The Balaban J connectivity index is 1.76. The summed E-state index contributed by atoms with van der Waals surface area (Å²) in [6.07, 6.45) is 1.58. The van der Waals surface area contributed by atoms with E-state index >= 15 is 0 Å². The predicted octanol–water partition coefficient (Wildman–Crippen LogP) is 4.87. The molecule has 0 spiro atoms. The summed E-state index contributed by atoms with van der Waals surface area (Å²) < 4.78 is 0. The van der Waals surface area contributed by atoms with Crippen LogP contribution < -0.4 is 10.6 Å². The Hall–Kier alpha value is -3.65. The number of nitrogens with zero attached hydrogens (tertiary/aromatic N) is 2. The highest BCUT2D eigenvalue weighted by Crippen LogP contribution is 2.23. The van der Waals surface area contributed by atoms with Crippen LogP contribution in [0.4, 0.5) is 17.1 Å². The van der Waals surface area contributed by atoms with Gasteiger partial charge in [-0.05, 0) is 56.2 Å². The summed E-state index contributed by atoms with van der Waals surface area (Å²) in [4.78, 5) is 16.8. The molecule has 5 nitrogen and oxygen atoms in total. The van der Waals surface area contributed by atoms with Crippen LogP contribution in [0.2, 0.25) is 0 Å². The van der Waals surface area contributed by atoms with Crippen LogP contribution in [0.3, 0.4) is 0 Å². The highest BCUT2D eigenvalue weighted by atomic mass is 16.1. The summed E-state index contributed by atoms with van der Waals surface area (Å²) in [5.41, 5.74) is 6.30. The number of nitriles is 1. The molecule has 1 heterocycles. The third-order valence-electron chi connectivity index (χ3n) is 4.24. The number of carbonyl (C=O) groups is 1. The van der Waals surface area contributed by atoms with Gasteiger partial charge in [-0.25, -0.2) is 4.98 Å². The second-order valence-corrected chi connectivity index (χ2v) is 6.44. The van der Waals surface area contributed by atoms with Gasteiger partial charge in [-0.3, -0.25) is 4.79 Å². The van der Waals surface area contributed by atoms with Crippen LogP contribution in [0.15, 0.2) is 54.7 Å². The van der Waals surface area contributed by atoms with E-state index < -0.39 is 0 Å². The van der Waals surface area contributed by atoms with Gasteiger partial charge in [0, 0.05) is 5.69 Å². The van der Waals surface area contributed by atoms with Crippen molar-refractivity contribution in [2.24, 2.45) is 0 Å². The first-order valence-corrected chi connectivity index (χ1v) is 8.59. The average Bonchev–Trinajstić information content (AvgIpc) is 2.65. The molecular weight excluding hydrogens is 336 g/mol. The Morgan fingerprint density at radius 2 is 1.74 bits per heavy atom. The normalized spacial score (nSPS) is 10.1. The summed E-state index contributed by atoms with van der Waals surface area (Å²) in [5, 5.41) is 15.2. The van der Waals surface area contributed by atoms with Gasteiger partial charge >= 0.3 is 0 Å². The Labute approximate surface area is 158 Å². The zero-order valence-corrected chi connectivity index (χ0v) is 15.5. The number of aromatic nitrogens is 1. The molecule has 1 amide bonds. The number of pyridine rings is 1. The number of carbonyl (C=O) groups excluding carboxylic acids is 1. The largest absolute Gasteiger partial charge is 0.353 e. The van der Waals surface area contributed by atoms with Crippen molar-refractivity contribution in [1.29, 1.82) is 5.26 Å². The fraction of sp³-hybridized carbons (Fsp3) is 0.136. The molecule has 0 radical (unpaired) electrons. The van der Waals surface area contributed by atoms with E-state index in [1.165, 1.54) is 0 Å². The number of aryl methyl sites for hydroxylation is 3. The molecule has 3 rings (SSSR count). The van der Waals surface area contributed by atoms with E-state index in [1.54, 1.807) is 24.4 Å². The summed E-state index contributed by atoms with van der Waals surface area (Å²) >= 11 is 0. The minimum atomic E-state index is -0.256. The minimum Gasteiger partial charge on any atom is -0.353 e. The highest BCUT2D eigenvalue weighted by molar-refractivity contribution is 6.03. The molecule has 0 saturated carbocycles. The van der Waals surface area contributed by atoms with Crippen LogP contribution in [-0.4, -0.2) is 10.9 Å². The number of hydrogen-bond acceptors (Lipinski definition) is 4. The lowest BCUT2D eigenvalue weighted by Crippen LogP contribution is -2.15. The van der Waals surface area contributed by atoms with Crippen molar-refractivity contribution in [2.45, 2.75) is 20.8 Å². The van der Waals surface area contributed by atoms with Crippen molar-refractivity contribution in [3.63, 3.8) is 0 Å². The molecule has 0 atom stereocenters. The number of rotatable bonds is 4. The summed E-state index contributed by atoms with van der Waals surface area (Å²) in [6, 6.07) is 16.9. The maximum atomic E-state index is 12.5. The zero-order valence-electron chi connectivity index (χ0n) is 15.5. The standard InChI is InChI=1S/C22H20N4O/c1-14-10-15(2)21(16(3)11-14)26-22(27)20-9-8-18(13-24-20)25-19-7-5-4-6-17(19)12-23/h4-11,13,25H,1-3H3,(H,26,27). The van der Waals surface area contributed by atoms with Gasteiger partial charge < -0.3 is 10.6 Å². The molecule has 1 aromatic heterocycles. The zero-order chi connectivity index (χ0) is 19.4. The van der Waals surface area contributed by atoms with Crippen molar-refractivity contribution in [1.82, 2.24) is 4.98 Å². The number of nitrogens with one attached hydrogen (secondary N) is 2. The molecule has 0 aliphatic carbocycles. The lowest BCUT2D eigenvalue weighted by molar-refractivity contribution is 0.102. The number of hydrogen-bond donors (Lipinski definition) is 2. The van der Waals surface area contributed by atoms with Crippen LogP contribution in [0.1, 0.15) is 32.7 Å². The SMILES string of the molecule is Cc1cc(C)c(NC(=O)c2ccc(Nc3ccccc3C#N)cn2)c(C)c1. The van der Waals surface area contributed by atoms with Crippen LogP contribution in [0, 0.1) is 32.1 Å². The molecule has 0 aliphatic heterocycles. The van der Waals surface area contributed by atoms with E-state index in [4.69, 9.17) is 5.26 Å².